The average Bonchev–Trinajstić information content (AvgIpc) is 3.18. The fourth-order valence-electron chi connectivity index (χ4n) is 3.27. The van der Waals surface area contributed by atoms with E-state index in [9.17, 15) is 9.59 Å². The van der Waals surface area contributed by atoms with Crippen LogP contribution in [0.4, 0.5) is 11.4 Å². The highest BCUT2D eigenvalue weighted by Crippen LogP contribution is 2.31. The van der Waals surface area contributed by atoms with E-state index in [1.165, 1.54) is 11.8 Å². The number of rotatable bonds is 4. The number of amidine groups is 1. The van der Waals surface area contributed by atoms with Crippen LogP contribution in [-0.2, 0) is 9.59 Å². The number of anilines is 2. The minimum absolute atomic E-state index is 0.0302. The predicted molar refractivity (Wildman–Crippen MR) is 117 cm³/mol. The van der Waals surface area contributed by atoms with Crippen LogP contribution in [0, 0.1) is 12.8 Å². The molecule has 0 saturated carbocycles. The van der Waals surface area contributed by atoms with E-state index in [1.54, 1.807) is 29.2 Å². The lowest BCUT2D eigenvalue weighted by Crippen LogP contribution is -2.49. The molecule has 150 valence electrons. The van der Waals surface area contributed by atoms with Gasteiger partial charge in [-0.1, -0.05) is 41.6 Å². The highest BCUT2D eigenvalue weighted by Gasteiger charge is 2.42. The van der Waals surface area contributed by atoms with E-state index in [4.69, 9.17) is 16.6 Å². The van der Waals surface area contributed by atoms with E-state index in [1.807, 2.05) is 31.2 Å². The van der Waals surface area contributed by atoms with E-state index in [2.05, 4.69) is 16.2 Å². The number of halogens is 1. The van der Waals surface area contributed by atoms with Crippen LogP contribution in [0.3, 0.4) is 0 Å². The highest BCUT2D eigenvalue weighted by molar-refractivity contribution is 8.14. The van der Waals surface area contributed by atoms with Gasteiger partial charge < -0.3 is 5.32 Å². The van der Waals surface area contributed by atoms with Crippen molar-refractivity contribution in [2.45, 2.75) is 13.1 Å². The van der Waals surface area contributed by atoms with E-state index >= 15 is 0 Å². The zero-order valence-electron chi connectivity index (χ0n) is 15.7. The number of hydrogen-bond acceptors (Lipinski definition) is 6. The van der Waals surface area contributed by atoms with Crippen molar-refractivity contribution in [3.8, 4) is 0 Å². The van der Waals surface area contributed by atoms with Crippen molar-refractivity contribution in [3.63, 3.8) is 0 Å². The van der Waals surface area contributed by atoms with Gasteiger partial charge in [0.2, 0.25) is 11.8 Å². The molecule has 2 atom stereocenters. The number of amides is 2. The molecule has 0 aromatic heterocycles. The molecule has 4 rings (SSSR count). The molecule has 0 bridgehead atoms. The summed E-state index contributed by atoms with van der Waals surface area (Å²) >= 11 is 7.12. The number of aliphatic imine (C=N–C) groups is 1. The van der Waals surface area contributed by atoms with Gasteiger partial charge in [0.05, 0.1) is 17.4 Å². The third-order valence-electron chi connectivity index (χ3n) is 4.75. The van der Waals surface area contributed by atoms with Gasteiger partial charge in [-0.05, 0) is 42.8 Å². The molecule has 7 nitrogen and oxygen atoms in total. The molecule has 2 aliphatic heterocycles. The van der Waals surface area contributed by atoms with Crippen LogP contribution in [0.1, 0.15) is 5.56 Å². The van der Waals surface area contributed by atoms with Gasteiger partial charge in [0, 0.05) is 17.3 Å². The smallest absolute Gasteiger partial charge is 0.241 e. The Morgan fingerprint density at radius 1 is 1.28 bits per heavy atom. The minimum atomic E-state index is -0.329. The molecule has 2 amide bonds. The Morgan fingerprint density at radius 2 is 2.03 bits per heavy atom. The second-order valence-electron chi connectivity index (χ2n) is 6.79. The normalized spacial score (nSPS) is 21.0. The zero-order chi connectivity index (χ0) is 20.4. The van der Waals surface area contributed by atoms with E-state index in [0.29, 0.717) is 22.4 Å². The van der Waals surface area contributed by atoms with Gasteiger partial charge in [-0.25, -0.2) is 10.4 Å². The molecule has 2 heterocycles. The van der Waals surface area contributed by atoms with Crippen LogP contribution in [0.5, 0.6) is 0 Å². The number of nitrogens with one attached hydrogen (secondary N) is 3. The molecule has 0 radical (unpaired) electrons. The van der Waals surface area contributed by atoms with Crippen molar-refractivity contribution < 1.29 is 9.59 Å². The largest absolute Gasteiger partial charge is 0.325 e. The number of carbonyl (C=O) groups is 2. The van der Waals surface area contributed by atoms with Gasteiger partial charge in [0.1, 0.15) is 6.17 Å². The fourth-order valence-corrected chi connectivity index (χ4v) is 4.23. The van der Waals surface area contributed by atoms with Crippen LogP contribution in [0.2, 0.25) is 5.02 Å². The molecule has 2 aromatic carbocycles. The first kappa shape index (κ1) is 19.9. The first-order valence-corrected chi connectivity index (χ1v) is 10.5. The Morgan fingerprint density at radius 3 is 2.79 bits per heavy atom. The van der Waals surface area contributed by atoms with Gasteiger partial charge >= 0.3 is 0 Å². The van der Waals surface area contributed by atoms with Gasteiger partial charge in [-0.3, -0.25) is 19.9 Å². The molecule has 1 saturated heterocycles. The summed E-state index contributed by atoms with van der Waals surface area (Å²) in [5.74, 6) is -0.363. The number of aryl methyl sites for hydroxylation is 1. The third kappa shape index (κ3) is 4.30. The SMILES string of the molecule is Cc1ccccc1N1C(=O)C2CNNC2N=C1SCC(=O)Nc1ccc(Cl)cc1. The summed E-state index contributed by atoms with van der Waals surface area (Å²) in [4.78, 5) is 31.9. The molecule has 9 heteroatoms. The molecule has 2 aliphatic rings. The van der Waals surface area contributed by atoms with Crippen molar-refractivity contribution in [2.75, 3.05) is 22.5 Å². The van der Waals surface area contributed by atoms with Gasteiger partial charge in [-0.15, -0.1) is 0 Å². The molecule has 2 unspecified atom stereocenters. The van der Waals surface area contributed by atoms with Crippen LogP contribution < -0.4 is 21.1 Å². The molecule has 29 heavy (non-hydrogen) atoms. The second kappa shape index (κ2) is 8.54. The number of nitrogens with zero attached hydrogens (tertiary/aromatic N) is 2. The van der Waals surface area contributed by atoms with Gasteiger partial charge in [0.25, 0.3) is 0 Å². The quantitative estimate of drug-likeness (QED) is 0.695. The maximum absolute atomic E-state index is 13.2. The molecule has 0 spiro atoms. The van der Waals surface area contributed by atoms with E-state index in [0.717, 1.165) is 11.3 Å². The van der Waals surface area contributed by atoms with Crippen LogP contribution in [0.25, 0.3) is 0 Å². The number of benzene rings is 2. The summed E-state index contributed by atoms with van der Waals surface area (Å²) in [7, 11) is 0. The lowest BCUT2D eigenvalue weighted by Gasteiger charge is -2.33. The Labute approximate surface area is 177 Å². The molecular weight excluding hydrogens is 410 g/mol. The number of hydrazine groups is 1. The lowest BCUT2D eigenvalue weighted by molar-refractivity contribution is -0.121. The molecule has 1 fully saturated rings. The van der Waals surface area contributed by atoms with E-state index in [-0.39, 0.29) is 29.7 Å². The topological polar surface area (TPSA) is 85.8 Å². The maximum Gasteiger partial charge on any atom is 0.241 e. The molecule has 2 aromatic rings. The Hall–Kier alpha value is -2.39. The average molecular weight is 430 g/mol. The summed E-state index contributed by atoms with van der Waals surface area (Å²) < 4.78 is 0. The minimum Gasteiger partial charge on any atom is -0.325 e. The Balaban J connectivity index is 1.52. The van der Waals surface area contributed by atoms with Gasteiger partial charge in [-0.2, -0.15) is 0 Å². The first-order valence-electron chi connectivity index (χ1n) is 9.17. The number of carbonyl (C=O) groups excluding carboxylic acids is 2. The number of thioether (sulfide) groups is 1. The summed E-state index contributed by atoms with van der Waals surface area (Å²) in [6, 6.07) is 14.6. The molecule has 0 aliphatic carbocycles. The number of hydrogen-bond donors (Lipinski definition) is 3. The van der Waals surface area contributed by atoms with Crippen molar-refractivity contribution in [3.05, 3.63) is 59.1 Å². The monoisotopic (exact) mass is 429 g/mol. The van der Waals surface area contributed by atoms with Crippen molar-refractivity contribution in [1.29, 1.82) is 0 Å². The number of para-hydroxylation sites is 1. The predicted octanol–water partition coefficient (Wildman–Crippen LogP) is 2.77. The molecular formula is C20H20ClN5O2S. The van der Waals surface area contributed by atoms with Crippen LogP contribution in [-0.4, -0.2) is 35.4 Å². The lowest BCUT2D eigenvalue weighted by atomic mass is 10.0. The van der Waals surface area contributed by atoms with Crippen LogP contribution in [0.15, 0.2) is 53.5 Å². The Kier molecular flexibility index (Phi) is 5.86. The maximum atomic E-state index is 13.2. The summed E-state index contributed by atoms with van der Waals surface area (Å²) in [6.07, 6.45) is -0.329. The van der Waals surface area contributed by atoms with Crippen molar-refractivity contribution >= 4 is 51.7 Å². The zero-order valence-corrected chi connectivity index (χ0v) is 17.3. The van der Waals surface area contributed by atoms with Crippen molar-refractivity contribution in [1.82, 2.24) is 10.9 Å². The standard InChI is InChI=1S/C20H20ClN5O2S/c1-12-4-2-3-5-16(12)26-19(28)15-10-22-25-18(15)24-20(26)29-11-17(27)23-14-8-6-13(21)7-9-14/h2-9,15,18,22,25H,10-11H2,1H3,(H,23,27). The summed E-state index contributed by atoms with van der Waals surface area (Å²) in [6.45, 7) is 2.47. The Bertz CT molecular complexity index is 966. The third-order valence-corrected chi connectivity index (χ3v) is 5.95. The van der Waals surface area contributed by atoms with Crippen molar-refractivity contribution in [2.24, 2.45) is 10.9 Å². The molecule has 3 N–H and O–H groups in total. The van der Waals surface area contributed by atoms with Gasteiger partial charge in [0.15, 0.2) is 5.17 Å². The van der Waals surface area contributed by atoms with Crippen LogP contribution >= 0.6 is 23.4 Å². The summed E-state index contributed by atoms with van der Waals surface area (Å²) in [5.41, 5.74) is 8.45. The van der Waals surface area contributed by atoms with E-state index < -0.39 is 0 Å². The number of fused-ring (bicyclic) bond motifs is 1. The second-order valence-corrected chi connectivity index (χ2v) is 8.17. The summed E-state index contributed by atoms with van der Waals surface area (Å²) in [5, 5.41) is 3.94. The fraction of sp³-hybridized carbons (Fsp3) is 0.250. The highest BCUT2D eigenvalue weighted by atomic mass is 35.5. The first-order chi connectivity index (χ1) is 14.0.